The molecule has 0 radical (unpaired) electrons. The first-order chi connectivity index (χ1) is 11.0. The van der Waals surface area contributed by atoms with Gasteiger partial charge in [-0.05, 0) is 30.3 Å². The van der Waals surface area contributed by atoms with E-state index in [9.17, 15) is 9.90 Å². The van der Waals surface area contributed by atoms with Crippen LogP contribution in [0.2, 0.25) is 9.36 Å². The van der Waals surface area contributed by atoms with Crippen molar-refractivity contribution in [2.75, 3.05) is 26.2 Å². The SMILES string of the molecule is O=C(c1cc(Cl)ccc1O)N1CCN(Cc2ccc(Cl)s2)CC1. The molecule has 1 aromatic carbocycles. The molecule has 1 amide bonds. The molecular formula is C16H16Cl2N2O2S. The number of phenols is 1. The third kappa shape index (κ3) is 3.98. The minimum Gasteiger partial charge on any atom is -0.507 e. The van der Waals surface area contributed by atoms with Gasteiger partial charge in [0.05, 0.1) is 9.90 Å². The van der Waals surface area contributed by atoms with E-state index >= 15 is 0 Å². The van der Waals surface area contributed by atoms with Crippen LogP contribution in [0.15, 0.2) is 30.3 Å². The first kappa shape index (κ1) is 16.6. The summed E-state index contributed by atoms with van der Waals surface area (Å²) in [5.41, 5.74) is 0.260. The van der Waals surface area contributed by atoms with Gasteiger partial charge in [-0.25, -0.2) is 0 Å². The number of carbonyl (C=O) groups excluding carboxylic acids is 1. The molecule has 0 aliphatic carbocycles. The number of thiophene rings is 1. The summed E-state index contributed by atoms with van der Waals surface area (Å²) in [6.07, 6.45) is 0. The van der Waals surface area contributed by atoms with Gasteiger partial charge in [0.2, 0.25) is 0 Å². The zero-order chi connectivity index (χ0) is 16.4. The van der Waals surface area contributed by atoms with Gasteiger partial charge in [-0.2, -0.15) is 0 Å². The van der Waals surface area contributed by atoms with Crippen LogP contribution in [0.3, 0.4) is 0 Å². The Kier molecular flexibility index (Phi) is 5.11. The van der Waals surface area contributed by atoms with Crippen LogP contribution in [0.1, 0.15) is 15.2 Å². The molecule has 23 heavy (non-hydrogen) atoms. The van der Waals surface area contributed by atoms with Crippen LogP contribution in [0, 0.1) is 0 Å². The Bertz CT molecular complexity index is 712. The fourth-order valence-electron chi connectivity index (χ4n) is 2.62. The van der Waals surface area contributed by atoms with Gasteiger partial charge >= 0.3 is 0 Å². The molecule has 0 spiro atoms. The number of hydrogen-bond acceptors (Lipinski definition) is 4. The molecule has 0 unspecified atom stereocenters. The fourth-order valence-corrected chi connectivity index (χ4v) is 3.92. The van der Waals surface area contributed by atoms with Crippen molar-refractivity contribution in [1.29, 1.82) is 0 Å². The normalized spacial score (nSPS) is 15.8. The molecule has 0 saturated carbocycles. The molecule has 2 aromatic rings. The van der Waals surface area contributed by atoms with E-state index in [0.717, 1.165) is 24.0 Å². The molecular weight excluding hydrogens is 355 g/mol. The third-order valence-electron chi connectivity index (χ3n) is 3.86. The second kappa shape index (κ2) is 7.09. The molecule has 0 bridgehead atoms. The maximum absolute atomic E-state index is 12.5. The summed E-state index contributed by atoms with van der Waals surface area (Å²) in [6, 6.07) is 8.47. The van der Waals surface area contributed by atoms with Gasteiger partial charge in [0.1, 0.15) is 5.75 Å². The number of phenolic OH excluding ortho intramolecular Hbond substituents is 1. The molecule has 3 rings (SSSR count). The number of piperazine rings is 1. The number of amides is 1. The highest BCUT2D eigenvalue weighted by molar-refractivity contribution is 7.16. The predicted molar refractivity (Wildman–Crippen MR) is 93.6 cm³/mol. The van der Waals surface area contributed by atoms with Crippen LogP contribution >= 0.6 is 34.5 Å². The van der Waals surface area contributed by atoms with Gasteiger partial charge in [0.15, 0.2) is 0 Å². The monoisotopic (exact) mass is 370 g/mol. The second-order valence-corrected chi connectivity index (χ2v) is 7.67. The first-order valence-corrected chi connectivity index (χ1v) is 8.84. The molecule has 1 saturated heterocycles. The Morgan fingerprint density at radius 3 is 2.52 bits per heavy atom. The summed E-state index contributed by atoms with van der Waals surface area (Å²) in [6.45, 7) is 3.70. The molecule has 4 nitrogen and oxygen atoms in total. The molecule has 122 valence electrons. The summed E-state index contributed by atoms with van der Waals surface area (Å²) in [7, 11) is 0. The highest BCUT2D eigenvalue weighted by atomic mass is 35.5. The van der Waals surface area contributed by atoms with Crippen molar-refractivity contribution in [3.05, 3.63) is 50.1 Å². The number of hydrogen-bond donors (Lipinski definition) is 1. The van der Waals surface area contributed by atoms with Gasteiger partial charge in [0, 0.05) is 42.6 Å². The molecule has 1 aliphatic rings. The number of rotatable bonds is 3. The summed E-state index contributed by atoms with van der Waals surface area (Å²) in [5.74, 6) is -0.209. The minimum absolute atomic E-state index is 0.0324. The van der Waals surface area contributed by atoms with Crippen LogP contribution in [-0.2, 0) is 6.54 Å². The summed E-state index contributed by atoms with van der Waals surface area (Å²) in [4.78, 5) is 17.8. The van der Waals surface area contributed by atoms with Gasteiger partial charge in [0.25, 0.3) is 5.91 Å². The van der Waals surface area contributed by atoms with E-state index in [-0.39, 0.29) is 17.2 Å². The standard InChI is InChI=1S/C16H16Cl2N2O2S/c17-11-1-3-14(21)13(9-11)16(22)20-7-5-19(6-8-20)10-12-2-4-15(18)23-12/h1-4,9,21H,5-8,10H2. The average molecular weight is 371 g/mol. The van der Waals surface area contributed by atoms with E-state index in [1.165, 1.54) is 17.0 Å². The van der Waals surface area contributed by atoms with Gasteiger partial charge in [-0.3, -0.25) is 9.69 Å². The lowest BCUT2D eigenvalue weighted by Crippen LogP contribution is -2.48. The highest BCUT2D eigenvalue weighted by Crippen LogP contribution is 2.25. The van der Waals surface area contributed by atoms with Crippen LogP contribution in [0.5, 0.6) is 5.75 Å². The lowest BCUT2D eigenvalue weighted by atomic mass is 10.1. The van der Waals surface area contributed by atoms with Gasteiger partial charge in [-0.15, -0.1) is 11.3 Å². The fraction of sp³-hybridized carbons (Fsp3) is 0.312. The Balaban J connectivity index is 1.60. The average Bonchev–Trinajstić information content (AvgIpc) is 2.95. The largest absolute Gasteiger partial charge is 0.507 e. The lowest BCUT2D eigenvalue weighted by molar-refractivity contribution is 0.0627. The Hall–Kier alpha value is -1.27. The second-order valence-electron chi connectivity index (χ2n) is 5.44. The van der Waals surface area contributed by atoms with E-state index in [0.29, 0.717) is 18.1 Å². The Morgan fingerprint density at radius 2 is 1.87 bits per heavy atom. The van der Waals surface area contributed by atoms with Crippen molar-refractivity contribution in [2.45, 2.75) is 6.54 Å². The topological polar surface area (TPSA) is 43.8 Å². The first-order valence-electron chi connectivity index (χ1n) is 7.27. The van der Waals surface area contributed by atoms with Crippen LogP contribution in [0.25, 0.3) is 0 Å². The smallest absolute Gasteiger partial charge is 0.257 e. The third-order valence-corrected chi connectivity index (χ3v) is 5.31. The quantitative estimate of drug-likeness (QED) is 0.895. The van der Waals surface area contributed by atoms with E-state index < -0.39 is 0 Å². The van der Waals surface area contributed by atoms with Gasteiger partial charge < -0.3 is 10.0 Å². The van der Waals surface area contributed by atoms with Crippen molar-refractivity contribution < 1.29 is 9.90 Å². The molecule has 1 aliphatic heterocycles. The predicted octanol–water partition coefficient (Wildman–Crippen LogP) is 3.72. The van der Waals surface area contributed by atoms with E-state index in [1.807, 2.05) is 12.1 Å². The molecule has 7 heteroatoms. The Labute approximate surface area is 148 Å². The number of carbonyl (C=O) groups is 1. The number of benzene rings is 1. The molecule has 1 fully saturated rings. The number of aromatic hydroxyl groups is 1. The molecule has 2 heterocycles. The zero-order valence-corrected chi connectivity index (χ0v) is 14.7. The van der Waals surface area contributed by atoms with E-state index in [4.69, 9.17) is 23.2 Å². The zero-order valence-electron chi connectivity index (χ0n) is 12.3. The minimum atomic E-state index is -0.177. The van der Waals surface area contributed by atoms with Crippen LogP contribution < -0.4 is 0 Å². The lowest BCUT2D eigenvalue weighted by Gasteiger charge is -2.34. The maximum Gasteiger partial charge on any atom is 0.257 e. The molecule has 1 aromatic heterocycles. The molecule has 1 N–H and O–H groups in total. The Morgan fingerprint density at radius 1 is 1.13 bits per heavy atom. The maximum atomic E-state index is 12.5. The van der Waals surface area contributed by atoms with Crippen LogP contribution in [0.4, 0.5) is 0 Å². The van der Waals surface area contributed by atoms with E-state index in [2.05, 4.69) is 4.90 Å². The van der Waals surface area contributed by atoms with Crippen molar-refractivity contribution in [2.24, 2.45) is 0 Å². The van der Waals surface area contributed by atoms with Crippen LogP contribution in [-0.4, -0.2) is 47.0 Å². The summed E-state index contributed by atoms with van der Waals surface area (Å²) >= 11 is 13.5. The summed E-state index contributed by atoms with van der Waals surface area (Å²) in [5, 5.41) is 10.3. The van der Waals surface area contributed by atoms with Gasteiger partial charge in [-0.1, -0.05) is 23.2 Å². The van der Waals surface area contributed by atoms with Crippen molar-refractivity contribution in [3.8, 4) is 5.75 Å². The molecule has 0 atom stereocenters. The number of halogens is 2. The van der Waals surface area contributed by atoms with Crippen molar-refractivity contribution in [3.63, 3.8) is 0 Å². The number of nitrogens with zero attached hydrogens (tertiary/aromatic N) is 2. The highest BCUT2D eigenvalue weighted by Gasteiger charge is 2.24. The van der Waals surface area contributed by atoms with Crippen molar-refractivity contribution >= 4 is 40.4 Å². The summed E-state index contributed by atoms with van der Waals surface area (Å²) < 4.78 is 0.797. The van der Waals surface area contributed by atoms with Crippen molar-refractivity contribution in [1.82, 2.24) is 9.80 Å². The van der Waals surface area contributed by atoms with E-state index in [1.54, 1.807) is 22.3 Å².